The zero-order valence-corrected chi connectivity index (χ0v) is 28.7. The van der Waals surface area contributed by atoms with Crippen molar-refractivity contribution in [3.63, 3.8) is 0 Å². The van der Waals surface area contributed by atoms with Gasteiger partial charge in [0.05, 0.1) is 56.6 Å². The molecule has 2 fully saturated rings. The van der Waals surface area contributed by atoms with Gasteiger partial charge < -0.3 is 21.3 Å². The van der Waals surface area contributed by atoms with Gasteiger partial charge in [0.15, 0.2) is 0 Å². The fourth-order valence-corrected chi connectivity index (χ4v) is 6.94. The Morgan fingerprint density at radius 3 is 1.46 bits per heavy atom. The van der Waals surface area contributed by atoms with E-state index in [9.17, 15) is 9.59 Å². The number of halogens is 2. The van der Waals surface area contributed by atoms with Crippen LogP contribution in [0.4, 0.5) is 0 Å². The molecule has 0 saturated carbocycles. The Labute approximate surface area is 290 Å². The Balaban J connectivity index is 1.20. The molecule has 4 heterocycles. The molecule has 2 aliphatic rings. The summed E-state index contributed by atoms with van der Waals surface area (Å²) in [5, 5.41) is 13.9. The van der Waals surface area contributed by atoms with E-state index in [0.717, 1.165) is 70.7 Å². The van der Waals surface area contributed by atoms with Crippen molar-refractivity contribution < 1.29 is 9.59 Å². The Morgan fingerprint density at radius 1 is 0.667 bits per heavy atom. The molecule has 10 nitrogen and oxygen atoms in total. The summed E-state index contributed by atoms with van der Waals surface area (Å²) in [6.07, 6.45) is 7.83. The number of aromatic nitrogens is 4. The summed E-state index contributed by atoms with van der Waals surface area (Å²) >= 11 is 14.2. The Bertz CT molecular complexity index is 1690. The molecule has 4 N–H and O–H groups in total. The van der Waals surface area contributed by atoms with E-state index in [1.54, 1.807) is 12.4 Å². The molecule has 6 rings (SSSR count). The number of nitrogens with one attached hydrogen (secondary N) is 4. The van der Waals surface area contributed by atoms with Crippen LogP contribution in [-0.2, 0) is 35.5 Å². The van der Waals surface area contributed by atoms with Gasteiger partial charge in [-0.3, -0.25) is 19.6 Å². The van der Waals surface area contributed by atoms with Crippen LogP contribution in [0.1, 0.15) is 62.3 Å². The summed E-state index contributed by atoms with van der Waals surface area (Å²) < 4.78 is 0. The third-order valence-electron chi connectivity index (χ3n) is 8.91. The van der Waals surface area contributed by atoms with Gasteiger partial charge in [-0.1, -0.05) is 73.4 Å². The first-order valence-electron chi connectivity index (χ1n) is 16.6. The van der Waals surface area contributed by atoms with Gasteiger partial charge in [-0.25, -0.2) is 9.97 Å². The first kappa shape index (κ1) is 33.9. The van der Waals surface area contributed by atoms with Crippen molar-refractivity contribution in [1.29, 1.82) is 0 Å². The highest BCUT2D eigenvalue weighted by Crippen LogP contribution is 2.41. The molecule has 4 aromatic rings. The van der Waals surface area contributed by atoms with Crippen molar-refractivity contribution >= 4 is 35.0 Å². The van der Waals surface area contributed by atoms with Crippen LogP contribution in [0.15, 0.2) is 48.8 Å². The van der Waals surface area contributed by atoms with E-state index in [2.05, 4.69) is 35.1 Å². The average Bonchev–Trinajstić information content (AvgIpc) is 3.72. The number of amides is 2. The number of hydrogen-bond donors (Lipinski definition) is 4. The summed E-state index contributed by atoms with van der Waals surface area (Å²) in [5.41, 5.74) is 8.04. The second-order valence-corrected chi connectivity index (χ2v) is 13.0. The first-order valence-corrected chi connectivity index (χ1v) is 17.4. The number of rotatable bonds is 13. The molecular formula is C36H40Cl2N8O2. The zero-order valence-electron chi connectivity index (χ0n) is 27.2. The molecule has 2 aromatic carbocycles. The highest BCUT2D eigenvalue weighted by atomic mass is 35.5. The molecule has 0 aliphatic carbocycles. The lowest BCUT2D eigenvalue weighted by Gasteiger charge is -2.16. The van der Waals surface area contributed by atoms with Gasteiger partial charge in [0, 0.05) is 73.4 Å². The third kappa shape index (κ3) is 7.68. The van der Waals surface area contributed by atoms with Gasteiger partial charge in [-0.2, -0.15) is 0 Å². The maximum atomic E-state index is 11.5. The van der Waals surface area contributed by atoms with E-state index < -0.39 is 0 Å². The summed E-state index contributed by atoms with van der Waals surface area (Å²) in [6, 6.07) is 12.0. The highest BCUT2D eigenvalue weighted by molar-refractivity contribution is 6.39. The molecule has 0 unspecified atom stereocenters. The minimum atomic E-state index is 0.110. The van der Waals surface area contributed by atoms with E-state index in [0.29, 0.717) is 60.5 Å². The Hall–Kier alpha value is -3.96. The number of hydrogen-bond acceptors (Lipinski definition) is 8. The van der Waals surface area contributed by atoms with Crippen LogP contribution in [0.5, 0.6) is 0 Å². The van der Waals surface area contributed by atoms with E-state index in [4.69, 9.17) is 43.1 Å². The number of carbonyl (C=O) groups excluding carboxylic acids is 2. The molecule has 2 aromatic heterocycles. The van der Waals surface area contributed by atoms with Crippen molar-refractivity contribution in [2.45, 2.75) is 77.5 Å². The molecule has 2 atom stereocenters. The van der Waals surface area contributed by atoms with Crippen LogP contribution >= 0.6 is 23.2 Å². The number of nitrogens with zero attached hydrogens (tertiary/aromatic N) is 4. The predicted octanol–water partition coefficient (Wildman–Crippen LogP) is 5.44. The molecule has 250 valence electrons. The van der Waals surface area contributed by atoms with Gasteiger partial charge in [0.2, 0.25) is 11.8 Å². The largest absolute Gasteiger partial charge is 0.352 e. The van der Waals surface area contributed by atoms with Crippen LogP contribution in [0.3, 0.4) is 0 Å². The lowest BCUT2D eigenvalue weighted by molar-refractivity contribution is -0.120. The topological polar surface area (TPSA) is 134 Å². The molecule has 2 amide bonds. The van der Waals surface area contributed by atoms with Crippen LogP contribution in [0.25, 0.3) is 33.6 Å². The first-order chi connectivity index (χ1) is 23.3. The van der Waals surface area contributed by atoms with Gasteiger partial charge in [-0.05, 0) is 25.7 Å². The fourth-order valence-electron chi connectivity index (χ4n) is 6.29. The summed E-state index contributed by atoms with van der Waals surface area (Å²) in [7, 11) is 0. The molecule has 2 saturated heterocycles. The lowest BCUT2D eigenvalue weighted by atomic mass is 9.98. The van der Waals surface area contributed by atoms with Crippen molar-refractivity contribution in [1.82, 2.24) is 41.2 Å². The molecule has 2 aliphatic heterocycles. The zero-order chi connectivity index (χ0) is 33.6. The maximum Gasteiger partial charge on any atom is 0.220 e. The molecular weight excluding hydrogens is 647 g/mol. The SMILES string of the molecule is CCc1nc(-c2cccc(-c3cccc(-c4cnc(CNC[C@@H]5CCC(=O)N5)c(CC)n4)c3Cl)c2Cl)cnc1CNC[C@@H]1CCC(=O)N1. The third-order valence-corrected chi connectivity index (χ3v) is 9.72. The lowest BCUT2D eigenvalue weighted by Crippen LogP contribution is -2.35. The summed E-state index contributed by atoms with van der Waals surface area (Å²) in [6.45, 7) is 6.65. The number of carbonyl (C=O) groups is 2. The maximum absolute atomic E-state index is 11.5. The van der Waals surface area contributed by atoms with Crippen molar-refractivity contribution in [3.05, 3.63) is 81.6 Å². The van der Waals surface area contributed by atoms with Crippen molar-refractivity contribution in [3.8, 4) is 33.6 Å². The molecule has 48 heavy (non-hydrogen) atoms. The predicted molar refractivity (Wildman–Crippen MR) is 188 cm³/mol. The van der Waals surface area contributed by atoms with Gasteiger partial charge in [0.25, 0.3) is 0 Å². The molecule has 0 bridgehead atoms. The minimum Gasteiger partial charge on any atom is -0.352 e. The van der Waals surface area contributed by atoms with E-state index in [1.807, 2.05) is 36.4 Å². The Kier molecular flexibility index (Phi) is 11.0. The van der Waals surface area contributed by atoms with Gasteiger partial charge in [-0.15, -0.1) is 0 Å². The molecule has 0 spiro atoms. The molecule has 0 radical (unpaired) electrons. The highest BCUT2D eigenvalue weighted by Gasteiger charge is 2.22. The van der Waals surface area contributed by atoms with Gasteiger partial charge in [0.1, 0.15) is 0 Å². The second kappa shape index (κ2) is 15.5. The normalized spacial score (nSPS) is 17.5. The minimum absolute atomic E-state index is 0.110. The smallest absolute Gasteiger partial charge is 0.220 e. The second-order valence-electron chi connectivity index (χ2n) is 12.2. The molecule has 12 heteroatoms. The summed E-state index contributed by atoms with van der Waals surface area (Å²) in [4.78, 5) is 42.4. The monoisotopic (exact) mass is 686 g/mol. The van der Waals surface area contributed by atoms with Crippen LogP contribution in [-0.4, -0.2) is 56.9 Å². The van der Waals surface area contributed by atoms with Crippen molar-refractivity contribution in [2.24, 2.45) is 0 Å². The van der Waals surface area contributed by atoms with Gasteiger partial charge >= 0.3 is 0 Å². The quantitative estimate of drug-likeness (QED) is 0.146. The van der Waals surface area contributed by atoms with Crippen LogP contribution < -0.4 is 21.3 Å². The van der Waals surface area contributed by atoms with Crippen molar-refractivity contribution in [2.75, 3.05) is 13.1 Å². The van der Waals surface area contributed by atoms with Crippen LogP contribution in [0, 0.1) is 0 Å². The fraction of sp³-hybridized carbons (Fsp3) is 0.389. The standard InChI is InChI=1S/C36H40Cl2N8O2/c1-3-27-31(17-39-15-21-11-13-33(47)43-21)41-19-29(45-27)25-9-5-7-23(35(25)37)24-8-6-10-26(36(24)38)30-20-42-32(28(4-2)46-30)18-40-16-22-12-14-34(48)44-22/h5-10,19-22,39-40H,3-4,11-18H2,1-2H3,(H,43,47)(H,44,48)/t21-,22-/m0/s1. The number of aryl methyl sites for hydroxylation is 2. The van der Waals surface area contributed by atoms with E-state index >= 15 is 0 Å². The van der Waals surface area contributed by atoms with E-state index in [-0.39, 0.29) is 23.9 Å². The summed E-state index contributed by atoms with van der Waals surface area (Å²) in [5.74, 6) is 0.219. The van der Waals surface area contributed by atoms with E-state index in [1.165, 1.54) is 0 Å². The average molecular weight is 688 g/mol. The Morgan fingerprint density at radius 2 is 1.08 bits per heavy atom. The van der Waals surface area contributed by atoms with Crippen LogP contribution in [0.2, 0.25) is 10.0 Å². The number of benzene rings is 2.